The zero-order valence-electron chi connectivity index (χ0n) is 12.8. The fourth-order valence-corrected chi connectivity index (χ4v) is 2.40. The molecule has 0 spiro atoms. The molecule has 1 aliphatic heterocycles. The number of ether oxygens (including phenoxy) is 1. The monoisotopic (exact) mass is 315 g/mol. The van der Waals surface area contributed by atoms with Crippen LogP contribution in [0.25, 0.3) is 0 Å². The minimum absolute atomic E-state index is 0.0666. The summed E-state index contributed by atoms with van der Waals surface area (Å²) in [7, 11) is -4.02. The van der Waals surface area contributed by atoms with Crippen molar-refractivity contribution in [3.05, 3.63) is 29.8 Å². The Balaban J connectivity index is 0.000000211. The lowest BCUT2D eigenvalue weighted by Gasteiger charge is -2.26. The van der Waals surface area contributed by atoms with Crippen LogP contribution in [0.4, 0.5) is 0 Å². The maximum atomic E-state index is 10.5. The lowest BCUT2D eigenvalue weighted by molar-refractivity contribution is 0.0373. The van der Waals surface area contributed by atoms with E-state index in [4.69, 9.17) is 9.29 Å². The Morgan fingerprint density at radius 2 is 1.76 bits per heavy atom. The first-order valence-corrected chi connectivity index (χ1v) is 8.71. The van der Waals surface area contributed by atoms with E-state index >= 15 is 0 Å². The first-order chi connectivity index (χ1) is 9.93. The summed E-state index contributed by atoms with van der Waals surface area (Å²) in [6, 6.07) is 5.99. The van der Waals surface area contributed by atoms with Crippen molar-refractivity contribution in [2.75, 3.05) is 32.8 Å². The second-order valence-corrected chi connectivity index (χ2v) is 6.52. The summed E-state index contributed by atoms with van der Waals surface area (Å²) in [6.45, 7) is 9.49. The third kappa shape index (κ3) is 7.57. The summed E-state index contributed by atoms with van der Waals surface area (Å²) in [4.78, 5) is 2.41. The first kappa shape index (κ1) is 18.1. The Morgan fingerprint density at radius 1 is 1.19 bits per heavy atom. The predicted molar refractivity (Wildman–Crippen MR) is 83.2 cm³/mol. The van der Waals surface area contributed by atoms with Gasteiger partial charge >= 0.3 is 0 Å². The number of morpholine rings is 1. The van der Waals surface area contributed by atoms with Crippen molar-refractivity contribution >= 4 is 10.1 Å². The lowest BCUT2D eigenvalue weighted by Crippen LogP contribution is -2.36. The molecule has 1 saturated heterocycles. The van der Waals surface area contributed by atoms with Crippen LogP contribution in [-0.2, 0) is 14.9 Å². The van der Waals surface area contributed by atoms with Crippen LogP contribution in [0.15, 0.2) is 29.2 Å². The van der Waals surface area contributed by atoms with Crippen LogP contribution in [0.3, 0.4) is 0 Å². The fourth-order valence-electron chi connectivity index (χ4n) is 1.92. The van der Waals surface area contributed by atoms with Crippen molar-refractivity contribution in [2.24, 2.45) is 0 Å². The van der Waals surface area contributed by atoms with E-state index in [2.05, 4.69) is 11.8 Å². The van der Waals surface area contributed by atoms with Gasteiger partial charge in [0.25, 0.3) is 10.1 Å². The summed E-state index contributed by atoms with van der Waals surface area (Å²) in [5.74, 6) is 0. The highest BCUT2D eigenvalue weighted by Crippen LogP contribution is 2.08. The standard InChI is InChI=1S/C8H17NO.C7H8O3S/c1-2-3-4-9-5-7-10-8-6-9;1-6-2-4-7(5-3-6)11(8,9)10/h2-8H2,1H3;2-5H,1H3,(H,8,9,10). The Kier molecular flexibility index (Phi) is 7.88. The van der Waals surface area contributed by atoms with E-state index in [1.165, 1.54) is 31.5 Å². The normalized spacial score (nSPS) is 16.1. The summed E-state index contributed by atoms with van der Waals surface area (Å²) in [5, 5.41) is 0. The second-order valence-electron chi connectivity index (χ2n) is 5.10. The van der Waals surface area contributed by atoms with E-state index in [1.54, 1.807) is 12.1 Å². The minimum atomic E-state index is -4.02. The van der Waals surface area contributed by atoms with Gasteiger partial charge in [-0.05, 0) is 32.0 Å². The summed E-state index contributed by atoms with van der Waals surface area (Å²) >= 11 is 0. The van der Waals surface area contributed by atoms with Gasteiger partial charge < -0.3 is 4.74 Å². The van der Waals surface area contributed by atoms with Gasteiger partial charge in [-0.3, -0.25) is 9.45 Å². The molecular weight excluding hydrogens is 290 g/mol. The van der Waals surface area contributed by atoms with E-state index in [-0.39, 0.29) is 4.90 Å². The Labute approximate surface area is 127 Å². The van der Waals surface area contributed by atoms with E-state index in [1.807, 2.05) is 6.92 Å². The average Bonchev–Trinajstić information content (AvgIpc) is 2.46. The topological polar surface area (TPSA) is 66.8 Å². The largest absolute Gasteiger partial charge is 0.379 e. The van der Waals surface area contributed by atoms with Gasteiger partial charge in [-0.15, -0.1) is 0 Å². The highest BCUT2D eigenvalue weighted by atomic mass is 32.2. The zero-order valence-corrected chi connectivity index (χ0v) is 13.6. The number of aryl methyl sites for hydroxylation is 1. The highest BCUT2D eigenvalue weighted by molar-refractivity contribution is 7.85. The van der Waals surface area contributed by atoms with E-state index in [9.17, 15) is 8.42 Å². The maximum absolute atomic E-state index is 10.5. The predicted octanol–water partition coefficient (Wildman–Crippen LogP) is 2.36. The van der Waals surface area contributed by atoms with Crippen LogP contribution in [0.2, 0.25) is 0 Å². The van der Waals surface area contributed by atoms with Crippen molar-refractivity contribution in [1.29, 1.82) is 0 Å². The molecule has 0 aromatic heterocycles. The quantitative estimate of drug-likeness (QED) is 0.864. The molecule has 0 radical (unpaired) electrons. The van der Waals surface area contributed by atoms with Gasteiger partial charge in [0.2, 0.25) is 0 Å². The van der Waals surface area contributed by atoms with Gasteiger partial charge in [0.1, 0.15) is 0 Å². The van der Waals surface area contributed by atoms with Gasteiger partial charge in [-0.25, -0.2) is 0 Å². The second kappa shape index (κ2) is 9.15. The van der Waals surface area contributed by atoms with Crippen molar-refractivity contribution in [2.45, 2.75) is 31.6 Å². The third-order valence-corrected chi connectivity index (χ3v) is 4.12. The summed E-state index contributed by atoms with van der Waals surface area (Å²) in [6.07, 6.45) is 2.64. The molecule has 1 aromatic carbocycles. The van der Waals surface area contributed by atoms with Crippen molar-refractivity contribution in [3.63, 3.8) is 0 Å². The molecule has 0 bridgehead atoms. The molecule has 1 N–H and O–H groups in total. The molecule has 2 rings (SSSR count). The van der Waals surface area contributed by atoms with Gasteiger partial charge in [0, 0.05) is 13.1 Å². The van der Waals surface area contributed by atoms with Gasteiger partial charge in [-0.2, -0.15) is 8.42 Å². The molecule has 5 nitrogen and oxygen atoms in total. The number of unbranched alkanes of at least 4 members (excludes halogenated alkanes) is 1. The molecule has 0 aliphatic carbocycles. The Morgan fingerprint density at radius 3 is 2.24 bits per heavy atom. The van der Waals surface area contributed by atoms with Crippen LogP contribution in [0.1, 0.15) is 25.3 Å². The van der Waals surface area contributed by atoms with Gasteiger partial charge in [0.05, 0.1) is 18.1 Å². The number of hydrogen-bond donors (Lipinski definition) is 1. The summed E-state index contributed by atoms with van der Waals surface area (Å²) < 4.78 is 34.8. The van der Waals surface area contributed by atoms with Crippen LogP contribution >= 0.6 is 0 Å². The van der Waals surface area contributed by atoms with Crippen molar-refractivity contribution in [1.82, 2.24) is 4.90 Å². The zero-order chi connectivity index (χ0) is 15.7. The smallest absolute Gasteiger partial charge is 0.294 e. The molecular formula is C15H25NO4S. The minimum Gasteiger partial charge on any atom is -0.379 e. The van der Waals surface area contributed by atoms with Crippen LogP contribution in [0, 0.1) is 6.92 Å². The van der Waals surface area contributed by atoms with Crippen molar-refractivity contribution in [3.8, 4) is 0 Å². The van der Waals surface area contributed by atoms with Gasteiger partial charge in [0.15, 0.2) is 0 Å². The van der Waals surface area contributed by atoms with Crippen LogP contribution < -0.4 is 0 Å². The molecule has 1 heterocycles. The maximum Gasteiger partial charge on any atom is 0.294 e. The molecule has 1 aromatic rings. The molecule has 21 heavy (non-hydrogen) atoms. The molecule has 0 amide bonds. The van der Waals surface area contributed by atoms with Crippen molar-refractivity contribution < 1.29 is 17.7 Å². The Bertz CT molecular complexity index is 493. The van der Waals surface area contributed by atoms with Crippen LogP contribution in [-0.4, -0.2) is 50.7 Å². The molecule has 0 atom stereocenters. The van der Waals surface area contributed by atoms with E-state index < -0.39 is 10.1 Å². The summed E-state index contributed by atoms with van der Waals surface area (Å²) in [5.41, 5.74) is 0.956. The molecule has 0 saturated carbocycles. The molecule has 120 valence electrons. The van der Waals surface area contributed by atoms with Crippen LogP contribution in [0.5, 0.6) is 0 Å². The third-order valence-electron chi connectivity index (χ3n) is 3.25. The first-order valence-electron chi connectivity index (χ1n) is 7.27. The average molecular weight is 315 g/mol. The lowest BCUT2D eigenvalue weighted by atomic mass is 10.2. The van der Waals surface area contributed by atoms with Gasteiger partial charge in [-0.1, -0.05) is 31.0 Å². The SMILES string of the molecule is CCCCN1CCOCC1.Cc1ccc(S(=O)(=O)O)cc1. The van der Waals surface area contributed by atoms with E-state index in [0.29, 0.717) is 0 Å². The highest BCUT2D eigenvalue weighted by Gasteiger charge is 2.08. The molecule has 1 aliphatic rings. The number of hydrogen-bond acceptors (Lipinski definition) is 4. The molecule has 1 fully saturated rings. The number of rotatable bonds is 4. The molecule has 0 unspecified atom stereocenters. The number of nitrogens with zero attached hydrogens (tertiary/aromatic N) is 1. The fraction of sp³-hybridized carbons (Fsp3) is 0.600. The molecule has 6 heteroatoms. The van der Waals surface area contributed by atoms with E-state index in [0.717, 1.165) is 31.9 Å². The Hall–Kier alpha value is -0.950. The number of benzene rings is 1.